The SMILES string of the molecule is Cc1nn(CC(C)C)c(Cl)c1C1CCCN1c1ccc(S(=O)(=O)C(F)F)cc1. The minimum Gasteiger partial charge on any atom is -0.364 e. The highest BCUT2D eigenvalue weighted by Crippen LogP contribution is 2.40. The van der Waals surface area contributed by atoms with Gasteiger partial charge in [0.05, 0.1) is 16.6 Å². The molecule has 0 bridgehead atoms. The third kappa shape index (κ3) is 3.89. The van der Waals surface area contributed by atoms with Crippen molar-refractivity contribution in [3.63, 3.8) is 0 Å². The lowest BCUT2D eigenvalue weighted by atomic mass is 10.1. The number of hydrogen-bond donors (Lipinski definition) is 0. The number of halogens is 3. The van der Waals surface area contributed by atoms with Crippen LogP contribution in [-0.4, -0.2) is 30.5 Å². The number of nitrogens with zero attached hydrogens (tertiary/aromatic N) is 3. The van der Waals surface area contributed by atoms with Gasteiger partial charge < -0.3 is 4.90 Å². The van der Waals surface area contributed by atoms with Crippen molar-refractivity contribution >= 4 is 27.1 Å². The molecule has 154 valence electrons. The first-order valence-corrected chi connectivity index (χ1v) is 11.2. The average molecular weight is 432 g/mol. The first-order chi connectivity index (χ1) is 13.1. The van der Waals surface area contributed by atoms with Gasteiger partial charge >= 0.3 is 5.76 Å². The topological polar surface area (TPSA) is 55.2 Å². The van der Waals surface area contributed by atoms with Crippen LogP contribution in [0.15, 0.2) is 29.2 Å². The van der Waals surface area contributed by atoms with Crippen LogP contribution in [0.1, 0.15) is 44.0 Å². The molecule has 2 aromatic rings. The number of rotatable bonds is 6. The van der Waals surface area contributed by atoms with E-state index in [0.717, 1.165) is 42.9 Å². The molecule has 1 aliphatic heterocycles. The third-order valence-corrected chi connectivity index (χ3v) is 6.76. The summed E-state index contributed by atoms with van der Waals surface area (Å²) in [6, 6.07) is 5.65. The van der Waals surface area contributed by atoms with Crippen molar-refractivity contribution in [3.05, 3.63) is 40.7 Å². The van der Waals surface area contributed by atoms with Crippen LogP contribution in [-0.2, 0) is 16.4 Å². The molecule has 28 heavy (non-hydrogen) atoms. The highest BCUT2D eigenvalue weighted by atomic mass is 35.5. The summed E-state index contributed by atoms with van der Waals surface area (Å²) < 4.78 is 50.6. The van der Waals surface area contributed by atoms with Crippen molar-refractivity contribution in [2.45, 2.75) is 56.9 Å². The summed E-state index contributed by atoms with van der Waals surface area (Å²) in [5.74, 6) is -3.01. The minimum absolute atomic E-state index is 0.0194. The highest BCUT2D eigenvalue weighted by Gasteiger charge is 2.32. The van der Waals surface area contributed by atoms with Crippen molar-refractivity contribution in [1.82, 2.24) is 9.78 Å². The van der Waals surface area contributed by atoms with Crippen LogP contribution in [0, 0.1) is 12.8 Å². The number of sulfone groups is 1. The fourth-order valence-electron chi connectivity index (χ4n) is 3.72. The smallest absolute Gasteiger partial charge is 0.341 e. The maximum atomic E-state index is 12.7. The summed E-state index contributed by atoms with van der Waals surface area (Å²) in [6.07, 6.45) is 1.85. The third-order valence-electron chi connectivity index (χ3n) is 4.96. The number of anilines is 1. The fourth-order valence-corrected chi connectivity index (χ4v) is 4.81. The molecule has 0 N–H and O–H groups in total. The summed E-state index contributed by atoms with van der Waals surface area (Å²) in [5.41, 5.74) is 2.63. The lowest BCUT2D eigenvalue weighted by Gasteiger charge is -2.27. The van der Waals surface area contributed by atoms with Gasteiger partial charge in [-0.05, 0) is 49.9 Å². The predicted molar refractivity (Wildman–Crippen MR) is 106 cm³/mol. The minimum atomic E-state index is -4.59. The second-order valence-corrected chi connectivity index (χ2v) is 9.79. The van der Waals surface area contributed by atoms with E-state index in [9.17, 15) is 17.2 Å². The van der Waals surface area contributed by atoms with Crippen molar-refractivity contribution in [3.8, 4) is 0 Å². The van der Waals surface area contributed by atoms with Crippen LogP contribution in [0.25, 0.3) is 0 Å². The zero-order valence-electron chi connectivity index (χ0n) is 16.1. The predicted octanol–water partition coefficient (Wildman–Crippen LogP) is 4.84. The van der Waals surface area contributed by atoms with Crippen LogP contribution in [0.4, 0.5) is 14.5 Å². The fraction of sp³-hybridized carbons (Fsp3) is 0.526. The molecule has 1 saturated heterocycles. The van der Waals surface area contributed by atoms with Gasteiger partial charge in [0.2, 0.25) is 9.84 Å². The molecule has 3 rings (SSSR count). The molecule has 2 heterocycles. The molecule has 0 aliphatic carbocycles. The van der Waals surface area contributed by atoms with Crippen molar-refractivity contribution in [2.24, 2.45) is 5.92 Å². The second kappa shape index (κ2) is 7.99. The van der Waals surface area contributed by atoms with Gasteiger partial charge in [0.1, 0.15) is 5.15 Å². The Morgan fingerprint density at radius 3 is 2.46 bits per heavy atom. The average Bonchev–Trinajstić information content (AvgIpc) is 3.19. The van der Waals surface area contributed by atoms with Gasteiger partial charge in [-0.1, -0.05) is 25.4 Å². The van der Waals surface area contributed by atoms with E-state index in [-0.39, 0.29) is 10.9 Å². The van der Waals surface area contributed by atoms with Crippen LogP contribution < -0.4 is 4.90 Å². The Kier molecular flexibility index (Phi) is 6.00. The number of aromatic nitrogens is 2. The van der Waals surface area contributed by atoms with Gasteiger partial charge in [-0.2, -0.15) is 13.9 Å². The second-order valence-electron chi connectivity index (χ2n) is 7.52. The normalized spacial score (nSPS) is 17.9. The molecular weight excluding hydrogens is 408 g/mol. The summed E-state index contributed by atoms with van der Waals surface area (Å²) in [7, 11) is -4.59. The van der Waals surface area contributed by atoms with Gasteiger partial charge in [-0.25, -0.2) is 8.42 Å². The summed E-state index contributed by atoms with van der Waals surface area (Å²) in [6.45, 7) is 7.64. The molecule has 1 fully saturated rings. The number of alkyl halides is 2. The van der Waals surface area contributed by atoms with E-state index in [0.29, 0.717) is 11.1 Å². The van der Waals surface area contributed by atoms with Crippen molar-refractivity contribution in [1.29, 1.82) is 0 Å². The van der Waals surface area contributed by atoms with Crippen LogP contribution >= 0.6 is 11.6 Å². The summed E-state index contributed by atoms with van der Waals surface area (Å²) in [5, 5.41) is 5.21. The van der Waals surface area contributed by atoms with Gasteiger partial charge in [0, 0.05) is 24.3 Å². The number of benzene rings is 1. The maximum Gasteiger partial charge on any atom is 0.341 e. The van der Waals surface area contributed by atoms with Crippen molar-refractivity contribution in [2.75, 3.05) is 11.4 Å². The van der Waals surface area contributed by atoms with Gasteiger partial charge in [-0.3, -0.25) is 4.68 Å². The van der Waals surface area contributed by atoms with Gasteiger partial charge in [-0.15, -0.1) is 0 Å². The monoisotopic (exact) mass is 431 g/mol. The number of hydrogen-bond acceptors (Lipinski definition) is 4. The molecule has 0 saturated carbocycles. The summed E-state index contributed by atoms with van der Waals surface area (Å²) >= 11 is 6.64. The Morgan fingerprint density at radius 2 is 1.89 bits per heavy atom. The van der Waals surface area contributed by atoms with Gasteiger partial charge in [0.25, 0.3) is 0 Å². The molecule has 0 spiro atoms. The van der Waals surface area contributed by atoms with Crippen LogP contribution in [0.3, 0.4) is 0 Å². The van der Waals surface area contributed by atoms with E-state index in [1.807, 2.05) is 11.6 Å². The first-order valence-electron chi connectivity index (χ1n) is 9.24. The molecule has 1 unspecified atom stereocenters. The van der Waals surface area contributed by atoms with E-state index in [2.05, 4.69) is 23.8 Å². The maximum absolute atomic E-state index is 12.7. The molecule has 0 radical (unpaired) electrons. The lowest BCUT2D eigenvalue weighted by molar-refractivity contribution is 0.234. The molecule has 1 atom stereocenters. The molecule has 1 aromatic heterocycles. The van der Waals surface area contributed by atoms with E-state index < -0.39 is 15.6 Å². The molecule has 5 nitrogen and oxygen atoms in total. The Hall–Kier alpha value is -1.67. The Balaban J connectivity index is 1.91. The Labute approximate surface area is 169 Å². The zero-order chi connectivity index (χ0) is 20.6. The molecular formula is C19H24ClF2N3O2S. The summed E-state index contributed by atoms with van der Waals surface area (Å²) in [4.78, 5) is 1.76. The van der Waals surface area contributed by atoms with Crippen molar-refractivity contribution < 1.29 is 17.2 Å². The van der Waals surface area contributed by atoms with Crippen LogP contribution in [0.2, 0.25) is 5.15 Å². The van der Waals surface area contributed by atoms with E-state index in [4.69, 9.17) is 11.6 Å². The van der Waals surface area contributed by atoms with Gasteiger partial charge in [0.15, 0.2) is 0 Å². The molecule has 0 amide bonds. The highest BCUT2D eigenvalue weighted by molar-refractivity contribution is 7.91. The molecule has 1 aliphatic rings. The molecule has 9 heteroatoms. The quantitative estimate of drug-likeness (QED) is 0.656. The number of aryl methyl sites for hydroxylation is 1. The Bertz CT molecular complexity index is 943. The standard InChI is InChI=1S/C19H24ClF2N3O2S/c1-12(2)11-25-18(20)17(13(3)23-25)16-5-4-10-24(16)14-6-8-15(9-7-14)28(26,27)19(21)22/h6-9,12,16,19H,4-5,10-11H2,1-3H3. The van der Waals surface area contributed by atoms with E-state index >= 15 is 0 Å². The molecule has 1 aromatic carbocycles. The Morgan fingerprint density at radius 1 is 1.25 bits per heavy atom. The van der Waals surface area contributed by atoms with Crippen LogP contribution in [0.5, 0.6) is 0 Å². The lowest BCUT2D eigenvalue weighted by Crippen LogP contribution is -2.23. The first kappa shape index (κ1) is 21.0. The van der Waals surface area contributed by atoms with E-state index in [1.165, 1.54) is 12.1 Å². The zero-order valence-corrected chi connectivity index (χ0v) is 17.6. The van der Waals surface area contributed by atoms with E-state index in [1.54, 1.807) is 12.1 Å². The largest absolute Gasteiger partial charge is 0.364 e.